The molecule has 33 heavy (non-hydrogen) atoms. The molecule has 0 saturated carbocycles. The standard InChI is InChI=1S/C24H22N4O4S/c1-31-20-12-11-15(13-21(20)32-2)22(29)27-28-23(30)17-8-4-3-7-16(17)14-33-24-25-18-9-5-6-10-19(18)26-24/h3-13H,14H2,1-2H3,(H,25,26)(H,27,29)(H,28,30). The van der Waals surface area contributed by atoms with Crippen LogP contribution in [-0.2, 0) is 5.75 Å². The number of hydrogen-bond donors (Lipinski definition) is 3. The van der Waals surface area contributed by atoms with Crippen molar-refractivity contribution >= 4 is 34.6 Å². The minimum atomic E-state index is -0.474. The van der Waals surface area contributed by atoms with Gasteiger partial charge in [0.05, 0.1) is 25.3 Å². The lowest BCUT2D eigenvalue weighted by molar-refractivity contribution is 0.0846. The van der Waals surface area contributed by atoms with Crippen LogP contribution in [0.2, 0.25) is 0 Å². The number of aromatic nitrogens is 2. The van der Waals surface area contributed by atoms with Crippen LogP contribution in [0.25, 0.3) is 11.0 Å². The lowest BCUT2D eigenvalue weighted by atomic mass is 10.1. The summed E-state index contributed by atoms with van der Waals surface area (Å²) >= 11 is 1.50. The van der Waals surface area contributed by atoms with Crippen LogP contribution in [0.15, 0.2) is 71.9 Å². The molecule has 9 heteroatoms. The number of ether oxygens (including phenoxy) is 2. The van der Waals surface area contributed by atoms with E-state index in [1.165, 1.54) is 32.0 Å². The first-order valence-corrected chi connectivity index (χ1v) is 11.1. The Morgan fingerprint density at radius 3 is 2.42 bits per heavy atom. The normalized spacial score (nSPS) is 10.6. The van der Waals surface area contributed by atoms with Gasteiger partial charge in [-0.05, 0) is 42.0 Å². The molecule has 0 aliphatic rings. The summed E-state index contributed by atoms with van der Waals surface area (Å²) in [6.07, 6.45) is 0. The van der Waals surface area contributed by atoms with Gasteiger partial charge in [0.25, 0.3) is 11.8 Å². The average molecular weight is 463 g/mol. The molecule has 0 atom stereocenters. The zero-order valence-corrected chi connectivity index (χ0v) is 18.9. The van der Waals surface area contributed by atoms with Gasteiger partial charge in [0.2, 0.25) is 0 Å². The SMILES string of the molecule is COc1ccc(C(=O)NNC(=O)c2ccccc2CSc2nc3ccccc3[nH]2)cc1OC. The summed E-state index contributed by atoms with van der Waals surface area (Å²) in [5.74, 6) is 0.578. The molecule has 4 aromatic rings. The highest BCUT2D eigenvalue weighted by Crippen LogP contribution is 2.27. The van der Waals surface area contributed by atoms with Crippen LogP contribution in [0.4, 0.5) is 0 Å². The van der Waals surface area contributed by atoms with Crippen LogP contribution in [0, 0.1) is 0 Å². The van der Waals surface area contributed by atoms with Gasteiger partial charge in [0.1, 0.15) is 0 Å². The van der Waals surface area contributed by atoms with E-state index >= 15 is 0 Å². The number of methoxy groups -OCH3 is 2. The number of rotatable bonds is 7. The number of H-pyrrole nitrogens is 1. The zero-order chi connectivity index (χ0) is 23.2. The van der Waals surface area contributed by atoms with E-state index in [1.807, 2.05) is 36.4 Å². The number of nitrogens with zero attached hydrogens (tertiary/aromatic N) is 1. The van der Waals surface area contributed by atoms with E-state index in [1.54, 1.807) is 24.3 Å². The first-order valence-electron chi connectivity index (χ1n) is 10.1. The number of imidazole rings is 1. The molecule has 0 aliphatic heterocycles. The number of amides is 2. The van der Waals surface area contributed by atoms with E-state index in [9.17, 15) is 9.59 Å². The Morgan fingerprint density at radius 2 is 1.64 bits per heavy atom. The fourth-order valence-electron chi connectivity index (χ4n) is 3.24. The average Bonchev–Trinajstić information content (AvgIpc) is 3.28. The maximum atomic E-state index is 12.8. The topological polar surface area (TPSA) is 105 Å². The van der Waals surface area contributed by atoms with Crippen molar-refractivity contribution in [2.75, 3.05) is 14.2 Å². The van der Waals surface area contributed by atoms with Gasteiger partial charge in [-0.15, -0.1) is 0 Å². The van der Waals surface area contributed by atoms with Crippen molar-refractivity contribution in [3.8, 4) is 11.5 Å². The van der Waals surface area contributed by atoms with E-state index in [0.29, 0.717) is 28.4 Å². The lowest BCUT2D eigenvalue weighted by Gasteiger charge is -2.12. The molecule has 3 N–H and O–H groups in total. The third kappa shape index (κ3) is 5.09. The molecule has 0 aliphatic carbocycles. The molecular weight excluding hydrogens is 440 g/mol. The third-order valence-corrected chi connectivity index (χ3v) is 5.85. The van der Waals surface area contributed by atoms with Crippen molar-refractivity contribution in [1.82, 2.24) is 20.8 Å². The maximum absolute atomic E-state index is 12.8. The number of carbonyl (C=O) groups is 2. The van der Waals surface area contributed by atoms with Gasteiger partial charge in [-0.25, -0.2) is 4.98 Å². The largest absolute Gasteiger partial charge is 0.493 e. The molecule has 3 aromatic carbocycles. The molecule has 0 unspecified atom stereocenters. The molecule has 168 valence electrons. The summed E-state index contributed by atoms with van der Waals surface area (Å²) in [5.41, 5.74) is 8.39. The van der Waals surface area contributed by atoms with Gasteiger partial charge in [-0.3, -0.25) is 20.4 Å². The Labute approximate surface area is 194 Å². The van der Waals surface area contributed by atoms with E-state index in [2.05, 4.69) is 20.8 Å². The number of nitrogens with one attached hydrogen (secondary N) is 3. The van der Waals surface area contributed by atoms with E-state index in [0.717, 1.165) is 21.8 Å². The van der Waals surface area contributed by atoms with Gasteiger partial charge in [0.15, 0.2) is 16.7 Å². The van der Waals surface area contributed by atoms with Gasteiger partial charge < -0.3 is 14.5 Å². The van der Waals surface area contributed by atoms with Gasteiger partial charge >= 0.3 is 0 Å². The van der Waals surface area contributed by atoms with E-state index in [4.69, 9.17) is 9.47 Å². The van der Waals surface area contributed by atoms with Crippen molar-refractivity contribution in [2.45, 2.75) is 10.9 Å². The van der Waals surface area contributed by atoms with Crippen LogP contribution in [-0.4, -0.2) is 36.0 Å². The molecular formula is C24H22N4O4S. The fourth-order valence-corrected chi connectivity index (χ4v) is 4.13. The Balaban J connectivity index is 1.41. The van der Waals surface area contributed by atoms with E-state index < -0.39 is 11.8 Å². The molecule has 1 heterocycles. The summed E-state index contributed by atoms with van der Waals surface area (Å²) < 4.78 is 10.4. The first-order chi connectivity index (χ1) is 16.1. The number of para-hydroxylation sites is 2. The number of carbonyl (C=O) groups excluding carboxylic acids is 2. The summed E-state index contributed by atoms with van der Waals surface area (Å²) in [6.45, 7) is 0. The lowest BCUT2D eigenvalue weighted by Crippen LogP contribution is -2.41. The van der Waals surface area contributed by atoms with Crippen LogP contribution < -0.4 is 20.3 Å². The Morgan fingerprint density at radius 1 is 0.909 bits per heavy atom. The number of benzene rings is 3. The second kappa shape index (κ2) is 10.1. The molecule has 0 radical (unpaired) electrons. The second-order valence-corrected chi connectivity index (χ2v) is 7.95. The maximum Gasteiger partial charge on any atom is 0.270 e. The quantitative estimate of drug-likeness (QED) is 0.284. The number of fused-ring (bicyclic) bond motifs is 1. The van der Waals surface area contributed by atoms with Gasteiger partial charge in [-0.2, -0.15) is 0 Å². The molecule has 8 nitrogen and oxygen atoms in total. The smallest absolute Gasteiger partial charge is 0.270 e. The summed E-state index contributed by atoms with van der Waals surface area (Å²) in [6, 6.07) is 19.8. The predicted octanol–water partition coefficient (Wildman–Crippen LogP) is 3.95. The summed E-state index contributed by atoms with van der Waals surface area (Å²) in [7, 11) is 3.00. The Hall–Kier alpha value is -3.98. The minimum absolute atomic E-state index is 0.321. The van der Waals surface area contributed by atoms with Gasteiger partial charge in [-0.1, -0.05) is 42.1 Å². The molecule has 2 amide bonds. The number of hydrazine groups is 1. The molecule has 1 aromatic heterocycles. The van der Waals surface area contributed by atoms with Crippen molar-refractivity contribution in [3.63, 3.8) is 0 Å². The van der Waals surface area contributed by atoms with Crippen LogP contribution in [0.3, 0.4) is 0 Å². The number of aromatic amines is 1. The predicted molar refractivity (Wildman–Crippen MR) is 127 cm³/mol. The minimum Gasteiger partial charge on any atom is -0.493 e. The summed E-state index contributed by atoms with van der Waals surface area (Å²) in [5, 5.41) is 0.771. The zero-order valence-electron chi connectivity index (χ0n) is 18.0. The van der Waals surface area contributed by atoms with Crippen LogP contribution >= 0.6 is 11.8 Å². The highest BCUT2D eigenvalue weighted by atomic mass is 32.2. The summed E-state index contributed by atoms with van der Waals surface area (Å²) in [4.78, 5) is 33.1. The first kappa shape index (κ1) is 22.2. The van der Waals surface area contributed by atoms with Crippen molar-refractivity contribution in [3.05, 3.63) is 83.4 Å². The third-order valence-electron chi connectivity index (χ3n) is 4.93. The molecule has 0 bridgehead atoms. The van der Waals surface area contributed by atoms with Crippen molar-refractivity contribution in [2.24, 2.45) is 0 Å². The van der Waals surface area contributed by atoms with Crippen LogP contribution in [0.1, 0.15) is 26.3 Å². The molecule has 4 rings (SSSR count). The highest BCUT2D eigenvalue weighted by Gasteiger charge is 2.15. The second-order valence-electron chi connectivity index (χ2n) is 6.98. The molecule has 0 spiro atoms. The highest BCUT2D eigenvalue weighted by molar-refractivity contribution is 7.98. The van der Waals surface area contributed by atoms with E-state index in [-0.39, 0.29) is 0 Å². The molecule has 0 saturated heterocycles. The number of thioether (sulfide) groups is 1. The molecule has 0 fully saturated rings. The monoisotopic (exact) mass is 462 g/mol. The number of hydrogen-bond acceptors (Lipinski definition) is 6. The Bertz CT molecular complexity index is 1270. The van der Waals surface area contributed by atoms with Crippen molar-refractivity contribution < 1.29 is 19.1 Å². The van der Waals surface area contributed by atoms with Gasteiger partial charge in [0, 0.05) is 16.9 Å². The fraction of sp³-hybridized carbons (Fsp3) is 0.125. The van der Waals surface area contributed by atoms with Crippen LogP contribution in [0.5, 0.6) is 11.5 Å². The Kier molecular flexibility index (Phi) is 6.80. The van der Waals surface area contributed by atoms with Crippen molar-refractivity contribution in [1.29, 1.82) is 0 Å².